The lowest BCUT2D eigenvalue weighted by molar-refractivity contribution is 0.178. The van der Waals surface area contributed by atoms with Crippen LogP contribution in [0.15, 0.2) is 6.07 Å². The molecular formula is C14H23N5O. The summed E-state index contributed by atoms with van der Waals surface area (Å²) in [5.41, 5.74) is 0. The largest absolute Gasteiger partial charge is 0.377 e. The summed E-state index contributed by atoms with van der Waals surface area (Å²) in [4.78, 5) is 11.5. The lowest BCUT2D eigenvalue weighted by Crippen LogP contribution is -2.28. The van der Waals surface area contributed by atoms with E-state index in [2.05, 4.69) is 25.5 Å². The molecule has 2 fully saturated rings. The van der Waals surface area contributed by atoms with Crippen molar-refractivity contribution >= 4 is 11.6 Å². The molecule has 0 spiro atoms. The van der Waals surface area contributed by atoms with E-state index in [1.54, 1.807) is 7.11 Å². The van der Waals surface area contributed by atoms with Crippen LogP contribution in [0.4, 0.5) is 11.6 Å². The Morgan fingerprint density at radius 3 is 2.80 bits per heavy atom. The van der Waals surface area contributed by atoms with Gasteiger partial charge in [0.05, 0.1) is 0 Å². The molecule has 0 amide bonds. The molecule has 1 aliphatic heterocycles. The third-order valence-corrected chi connectivity index (χ3v) is 3.94. The molecule has 3 rings (SSSR count). The molecule has 2 N–H and O–H groups in total. The van der Waals surface area contributed by atoms with E-state index in [4.69, 9.17) is 4.74 Å². The van der Waals surface area contributed by atoms with E-state index >= 15 is 0 Å². The van der Waals surface area contributed by atoms with Crippen molar-refractivity contribution in [3.8, 4) is 0 Å². The fourth-order valence-corrected chi connectivity index (χ4v) is 2.78. The number of likely N-dealkylation sites (tertiary alicyclic amines) is 1. The Kier molecular flexibility index (Phi) is 4.03. The number of anilines is 2. The van der Waals surface area contributed by atoms with Crippen LogP contribution in [0.1, 0.15) is 25.1 Å². The molecule has 1 unspecified atom stereocenters. The van der Waals surface area contributed by atoms with Crippen LogP contribution < -0.4 is 10.6 Å². The fourth-order valence-electron chi connectivity index (χ4n) is 2.78. The van der Waals surface area contributed by atoms with Crippen LogP contribution in [-0.4, -0.2) is 54.2 Å². The van der Waals surface area contributed by atoms with Crippen molar-refractivity contribution in [2.75, 3.05) is 37.9 Å². The number of rotatable bonds is 6. The van der Waals surface area contributed by atoms with E-state index in [0.717, 1.165) is 24.2 Å². The summed E-state index contributed by atoms with van der Waals surface area (Å²) in [7, 11) is 3.53. The highest BCUT2D eigenvalue weighted by atomic mass is 16.5. The molecule has 0 bridgehead atoms. The lowest BCUT2D eigenvalue weighted by Gasteiger charge is -2.17. The molecule has 0 aromatic carbocycles. The monoisotopic (exact) mass is 277 g/mol. The molecule has 20 heavy (non-hydrogen) atoms. The average Bonchev–Trinajstić information content (AvgIpc) is 3.20. The number of hydrogen-bond donors (Lipinski definition) is 2. The quantitative estimate of drug-likeness (QED) is 0.817. The van der Waals surface area contributed by atoms with Crippen LogP contribution in [-0.2, 0) is 11.3 Å². The highest BCUT2D eigenvalue weighted by Crippen LogP contribution is 2.30. The minimum absolute atomic E-state index is 0.434. The minimum Gasteiger partial charge on any atom is -0.377 e. The van der Waals surface area contributed by atoms with Gasteiger partial charge in [0.15, 0.2) is 5.82 Å². The Balaban J connectivity index is 1.65. The van der Waals surface area contributed by atoms with Crippen molar-refractivity contribution in [1.82, 2.24) is 14.9 Å². The average molecular weight is 277 g/mol. The summed E-state index contributed by atoms with van der Waals surface area (Å²) >= 11 is 0. The molecule has 1 aliphatic carbocycles. The van der Waals surface area contributed by atoms with Crippen LogP contribution in [0.5, 0.6) is 0 Å². The normalized spacial score (nSPS) is 23.0. The molecule has 0 radical (unpaired) electrons. The van der Waals surface area contributed by atoms with Gasteiger partial charge in [-0.1, -0.05) is 0 Å². The summed E-state index contributed by atoms with van der Waals surface area (Å²) in [6.07, 6.45) is 3.94. The molecule has 1 aromatic heterocycles. The fraction of sp³-hybridized carbons (Fsp3) is 0.714. The SMILES string of the molecule is CNc1cc(NC2CCN(C3CC3)C2)nc(COC)n1. The van der Waals surface area contributed by atoms with Gasteiger partial charge >= 0.3 is 0 Å². The second-order valence-corrected chi connectivity index (χ2v) is 5.59. The number of nitrogens with one attached hydrogen (secondary N) is 2. The van der Waals surface area contributed by atoms with Gasteiger partial charge in [0, 0.05) is 45.4 Å². The summed E-state index contributed by atoms with van der Waals surface area (Å²) in [5.74, 6) is 2.42. The first kappa shape index (κ1) is 13.6. The lowest BCUT2D eigenvalue weighted by atomic mass is 10.2. The van der Waals surface area contributed by atoms with Crippen molar-refractivity contribution in [1.29, 1.82) is 0 Å². The molecule has 2 heterocycles. The Morgan fingerprint density at radius 1 is 1.30 bits per heavy atom. The Labute approximate surface area is 119 Å². The van der Waals surface area contributed by atoms with Gasteiger partial charge in [-0.05, 0) is 19.3 Å². The third-order valence-electron chi connectivity index (χ3n) is 3.94. The van der Waals surface area contributed by atoms with Gasteiger partial charge in [-0.15, -0.1) is 0 Å². The van der Waals surface area contributed by atoms with Crippen LogP contribution in [0.3, 0.4) is 0 Å². The first-order chi connectivity index (χ1) is 9.78. The minimum atomic E-state index is 0.434. The van der Waals surface area contributed by atoms with Crippen molar-refractivity contribution in [2.45, 2.75) is 38.0 Å². The smallest absolute Gasteiger partial charge is 0.158 e. The number of ether oxygens (including phenoxy) is 1. The topological polar surface area (TPSA) is 62.3 Å². The van der Waals surface area contributed by atoms with E-state index in [1.807, 2.05) is 13.1 Å². The molecule has 2 aliphatic rings. The van der Waals surface area contributed by atoms with Gasteiger partial charge in [-0.3, -0.25) is 4.90 Å². The van der Waals surface area contributed by atoms with Gasteiger partial charge in [0.1, 0.15) is 18.2 Å². The summed E-state index contributed by atoms with van der Waals surface area (Å²) in [6, 6.07) is 3.30. The molecule has 1 saturated carbocycles. The summed E-state index contributed by atoms with van der Waals surface area (Å²) in [6.45, 7) is 2.77. The van der Waals surface area contributed by atoms with E-state index in [1.165, 1.54) is 25.8 Å². The number of methoxy groups -OCH3 is 1. The van der Waals surface area contributed by atoms with Crippen LogP contribution in [0.25, 0.3) is 0 Å². The number of aromatic nitrogens is 2. The number of nitrogens with zero attached hydrogens (tertiary/aromatic N) is 3. The maximum atomic E-state index is 5.12. The third kappa shape index (κ3) is 3.19. The molecule has 6 heteroatoms. The predicted octanol–water partition coefficient (Wildman–Crippen LogP) is 1.31. The zero-order chi connectivity index (χ0) is 13.9. The van der Waals surface area contributed by atoms with Crippen molar-refractivity contribution in [3.63, 3.8) is 0 Å². The first-order valence-electron chi connectivity index (χ1n) is 7.33. The molecule has 1 saturated heterocycles. The van der Waals surface area contributed by atoms with Crippen LogP contribution >= 0.6 is 0 Å². The highest BCUT2D eigenvalue weighted by molar-refractivity contribution is 5.47. The van der Waals surface area contributed by atoms with Crippen molar-refractivity contribution < 1.29 is 4.74 Å². The van der Waals surface area contributed by atoms with Crippen molar-refractivity contribution in [3.05, 3.63) is 11.9 Å². The van der Waals surface area contributed by atoms with E-state index in [0.29, 0.717) is 18.5 Å². The second kappa shape index (κ2) is 5.93. The zero-order valence-electron chi connectivity index (χ0n) is 12.2. The molecule has 1 aromatic rings. The van der Waals surface area contributed by atoms with Gasteiger partial charge in [0.25, 0.3) is 0 Å². The van der Waals surface area contributed by atoms with Crippen LogP contribution in [0, 0.1) is 0 Å². The molecular weight excluding hydrogens is 254 g/mol. The Morgan fingerprint density at radius 2 is 2.10 bits per heavy atom. The van der Waals surface area contributed by atoms with Gasteiger partial charge in [-0.2, -0.15) is 0 Å². The molecule has 110 valence electrons. The van der Waals surface area contributed by atoms with E-state index in [-0.39, 0.29) is 0 Å². The standard InChI is InChI=1S/C14H23N5O/c1-15-12-7-13(18-14(17-12)9-20-2)16-10-5-6-19(8-10)11-3-4-11/h7,10-11H,3-6,8-9H2,1-2H3,(H2,15,16,17,18). The van der Waals surface area contributed by atoms with Crippen LogP contribution in [0.2, 0.25) is 0 Å². The number of hydrogen-bond acceptors (Lipinski definition) is 6. The van der Waals surface area contributed by atoms with Crippen molar-refractivity contribution in [2.24, 2.45) is 0 Å². The predicted molar refractivity (Wildman–Crippen MR) is 78.9 cm³/mol. The van der Waals surface area contributed by atoms with E-state index < -0.39 is 0 Å². The second-order valence-electron chi connectivity index (χ2n) is 5.59. The maximum absolute atomic E-state index is 5.12. The summed E-state index contributed by atoms with van der Waals surface area (Å²) < 4.78 is 5.12. The Hall–Kier alpha value is -1.40. The zero-order valence-corrected chi connectivity index (χ0v) is 12.2. The first-order valence-corrected chi connectivity index (χ1v) is 7.33. The summed E-state index contributed by atoms with van der Waals surface area (Å²) in [5, 5.41) is 6.61. The van der Waals surface area contributed by atoms with Gasteiger partial charge in [-0.25, -0.2) is 9.97 Å². The molecule has 1 atom stereocenters. The Bertz CT molecular complexity index is 463. The van der Waals surface area contributed by atoms with Gasteiger partial charge < -0.3 is 15.4 Å². The maximum Gasteiger partial charge on any atom is 0.158 e. The highest BCUT2D eigenvalue weighted by Gasteiger charge is 2.34. The molecule has 6 nitrogen and oxygen atoms in total. The van der Waals surface area contributed by atoms with Gasteiger partial charge in [0.2, 0.25) is 0 Å². The van der Waals surface area contributed by atoms with E-state index in [9.17, 15) is 0 Å².